The Hall–Kier alpha value is -2.54. The van der Waals surface area contributed by atoms with Crippen LogP contribution in [0.4, 0.5) is 4.79 Å². The molecule has 1 saturated heterocycles. The van der Waals surface area contributed by atoms with E-state index in [1.165, 1.54) is 0 Å². The zero-order valence-electron chi connectivity index (χ0n) is 15.9. The van der Waals surface area contributed by atoms with E-state index in [2.05, 4.69) is 10.6 Å². The number of benzene rings is 1. The largest absolute Gasteiger partial charge is 0.491 e. The van der Waals surface area contributed by atoms with E-state index in [9.17, 15) is 9.59 Å². The smallest absolute Gasteiger partial charge is 0.338 e. The van der Waals surface area contributed by atoms with E-state index in [1.54, 1.807) is 6.92 Å². The van der Waals surface area contributed by atoms with Crippen LogP contribution < -0.4 is 15.4 Å². The van der Waals surface area contributed by atoms with Gasteiger partial charge < -0.3 is 24.8 Å². The molecule has 146 valence electrons. The van der Waals surface area contributed by atoms with E-state index in [1.807, 2.05) is 38.1 Å². The molecule has 1 aromatic carbocycles. The summed E-state index contributed by atoms with van der Waals surface area (Å²) in [4.78, 5) is 24.7. The maximum absolute atomic E-state index is 12.7. The van der Waals surface area contributed by atoms with Gasteiger partial charge in [0, 0.05) is 12.3 Å². The van der Waals surface area contributed by atoms with Crippen molar-refractivity contribution in [1.29, 1.82) is 0 Å². The van der Waals surface area contributed by atoms with Gasteiger partial charge in [0.15, 0.2) is 0 Å². The van der Waals surface area contributed by atoms with Crippen LogP contribution in [0.5, 0.6) is 5.75 Å². The van der Waals surface area contributed by atoms with Crippen LogP contribution in [0.25, 0.3) is 0 Å². The molecule has 2 aliphatic heterocycles. The van der Waals surface area contributed by atoms with Gasteiger partial charge in [0.25, 0.3) is 0 Å². The molecule has 2 atom stereocenters. The summed E-state index contributed by atoms with van der Waals surface area (Å²) in [7, 11) is 0. The molecule has 1 fully saturated rings. The number of esters is 1. The van der Waals surface area contributed by atoms with Crippen molar-refractivity contribution in [1.82, 2.24) is 10.6 Å². The zero-order valence-corrected chi connectivity index (χ0v) is 15.9. The van der Waals surface area contributed by atoms with E-state index in [0.717, 1.165) is 24.2 Å². The Balaban J connectivity index is 1.77. The Labute approximate surface area is 159 Å². The highest BCUT2D eigenvalue weighted by molar-refractivity contribution is 5.95. The van der Waals surface area contributed by atoms with Crippen molar-refractivity contribution in [3.05, 3.63) is 41.1 Å². The molecule has 0 bridgehead atoms. The van der Waals surface area contributed by atoms with Gasteiger partial charge in [0.1, 0.15) is 12.4 Å². The third-order valence-electron chi connectivity index (χ3n) is 4.50. The van der Waals surface area contributed by atoms with Gasteiger partial charge in [0.05, 0.1) is 23.8 Å². The molecule has 2 aliphatic rings. The minimum atomic E-state index is -0.580. The van der Waals surface area contributed by atoms with Crippen molar-refractivity contribution in [3.63, 3.8) is 0 Å². The number of carbonyl (C=O) groups is 2. The highest BCUT2D eigenvalue weighted by Crippen LogP contribution is 2.29. The average Bonchev–Trinajstić information content (AvgIpc) is 3.13. The van der Waals surface area contributed by atoms with E-state index < -0.39 is 12.0 Å². The summed E-state index contributed by atoms with van der Waals surface area (Å²) in [5.41, 5.74) is 1.66. The Morgan fingerprint density at radius 3 is 2.67 bits per heavy atom. The number of hydrogen-bond donors (Lipinski definition) is 2. The van der Waals surface area contributed by atoms with Gasteiger partial charge in [-0.1, -0.05) is 12.1 Å². The molecule has 0 saturated carbocycles. The molecular formula is C20H26N2O5. The van der Waals surface area contributed by atoms with Crippen molar-refractivity contribution < 1.29 is 23.8 Å². The van der Waals surface area contributed by atoms with Gasteiger partial charge in [0.2, 0.25) is 0 Å². The van der Waals surface area contributed by atoms with Gasteiger partial charge >= 0.3 is 12.0 Å². The van der Waals surface area contributed by atoms with Crippen LogP contribution >= 0.6 is 0 Å². The van der Waals surface area contributed by atoms with E-state index in [0.29, 0.717) is 17.9 Å². The molecular weight excluding hydrogens is 348 g/mol. The Bertz CT molecular complexity index is 720. The summed E-state index contributed by atoms with van der Waals surface area (Å²) >= 11 is 0. The van der Waals surface area contributed by atoms with Crippen LogP contribution in [0.1, 0.15) is 45.2 Å². The Morgan fingerprint density at radius 2 is 2.04 bits per heavy atom. The zero-order chi connectivity index (χ0) is 19.4. The number of urea groups is 1. The summed E-state index contributed by atoms with van der Waals surface area (Å²) in [6.07, 6.45) is 1.89. The standard InChI is InChI=1S/C20H26N2O5/c1-12(2)27-15-8-6-14(7-9-15)18-17(13(3)21-20(24)22-18)19(23)26-11-16-5-4-10-25-16/h6-9,12,16,18H,4-5,10-11H2,1-3H3,(H2,21,22,24)/t16-,18-/m1/s1. The first kappa shape index (κ1) is 19.2. The van der Waals surface area contributed by atoms with Gasteiger partial charge in [-0.3, -0.25) is 0 Å². The predicted molar refractivity (Wildman–Crippen MR) is 99.2 cm³/mol. The number of amides is 2. The minimum Gasteiger partial charge on any atom is -0.491 e. The molecule has 7 heteroatoms. The van der Waals surface area contributed by atoms with Gasteiger partial charge in [-0.15, -0.1) is 0 Å². The number of hydrogen-bond acceptors (Lipinski definition) is 5. The molecule has 2 N–H and O–H groups in total. The lowest BCUT2D eigenvalue weighted by Gasteiger charge is -2.28. The number of allylic oxidation sites excluding steroid dienone is 1. The van der Waals surface area contributed by atoms with Crippen molar-refractivity contribution in [3.8, 4) is 5.75 Å². The molecule has 2 heterocycles. The van der Waals surface area contributed by atoms with Crippen molar-refractivity contribution in [2.45, 2.75) is 51.9 Å². The second-order valence-corrected chi connectivity index (χ2v) is 7.04. The third-order valence-corrected chi connectivity index (χ3v) is 4.50. The fourth-order valence-corrected chi connectivity index (χ4v) is 3.25. The molecule has 0 spiro atoms. The van der Waals surface area contributed by atoms with Crippen molar-refractivity contribution >= 4 is 12.0 Å². The normalized spacial score (nSPS) is 22.4. The van der Waals surface area contributed by atoms with Crippen LogP contribution in [0.3, 0.4) is 0 Å². The maximum Gasteiger partial charge on any atom is 0.338 e. The number of nitrogens with one attached hydrogen (secondary N) is 2. The van der Waals surface area contributed by atoms with Gasteiger partial charge in [-0.25, -0.2) is 9.59 Å². The van der Waals surface area contributed by atoms with Crippen molar-refractivity contribution in [2.24, 2.45) is 0 Å². The van der Waals surface area contributed by atoms with E-state index in [-0.39, 0.29) is 24.8 Å². The van der Waals surface area contributed by atoms with Crippen LogP contribution in [-0.2, 0) is 14.3 Å². The van der Waals surface area contributed by atoms with Crippen LogP contribution in [0.2, 0.25) is 0 Å². The lowest BCUT2D eigenvalue weighted by molar-refractivity contribution is -0.142. The fourth-order valence-electron chi connectivity index (χ4n) is 3.25. The average molecular weight is 374 g/mol. The summed E-state index contributed by atoms with van der Waals surface area (Å²) < 4.78 is 16.6. The van der Waals surface area contributed by atoms with Gasteiger partial charge in [-0.2, -0.15) is 0 Å². The molecule has 1 aromatic rings. The highest BCUT2D eigenvalue weighted by atomic mass is 16.6. The van der Waals surface area contributed by atoms with E-state index in [4.69, 9.17) is 14.2 Å². The molecule has 27 heavy (non-hydrogen) atoms. The second-order valence-electron chi connectivity index (χ2n) is 7.04. The van der Waals surface area contributed by atoms with Gasteiger partial charge in [-0.05, 0) is 51.3 Å². The number of ether oxygens (including phenoxy) is 3. The fraction of sp³-hybridized carbons (Fsp3) is 0.500. The Kier molecular flexibility index (Phi) is 6.01. The first-order valence-electron chi connectivity index (χ1n) is 9.27. The monoisotopic (exact) mass is 374 g/mol. The number of rotatable bonds is 6. The van der Waals surface area contributed by atoms with Crippen molar-refractivity contribution in [2.75, 3.05) is 13.2 Å². The molecule has 0 aliphatic carbocycles. The molecule has 0 aromatic heterocycles. The predicted octanol–water partition coefficient (Wildman–Crippen LogP) is 2.82. The quantitative estimate of drug-likeness (QED) is 0.748. The van der Waals surface area contributed by atoms with Crippen LogP contribution in [0, 0.1) is 0 Å². The lowest BCUT2D eigenvalue weighted by Crippen LogP contribution is -2.45. The number of carbonyl (C=O) groups excluding carboxylic acids is 2. The first-order valence-corrected chi connectivity index (χ1v) is 9.27. The lowest BCUT2D eigenvalue weighted by atomic mass is 9.95. The maximum atomic E-state index is 12.7. The third kappa shape index (κ3) is 4.80. The topological polar surface area (TPSA) is 85.9 Å². The second kappa shape index (κ2) is 8.43. The highest BCUT2D eigenvalue weighted by Gasteiger charge is 2.32. The molecule has 0 radical (unpaired) electrons. The van der Waals surface area contributed by atoms with Crippen LogP contribution in [-0.4, -0.2) is 37.4 Å². The molecule has 0 unspecified atom stereocenters. The summed E-state index contributed by atoms with van der Waals surface area (Å²) in [5.74, 6) is 0.278. The molecule has 7 nitrogen and oxygen atoms in total. The molecule has 2 amide bonds. The SMILES string of the molecule is CC1=C(C(=O)OC[C@H]2CCCO2)[C@@H](c2ccc(OC(C)C)cc2)NC(=O)N1. The first-order chi connectivity index (χ1) is 12.9. The summed E-state index contributed by atoms with van der Waals surface area (Å²) in [6.45, 7) is 6.53. The summed E-state index contributed by atoms with van der Waals surface area (Å²) in [6, 6.07) is 6.41. The Morgan fingerprint density at radius 1 is 1.30 bits per heavy atom. The minimum absolute atomic E-state index is 0.0492. The van der Waals surface area contributed by atoms with Crippen LogP contribution in [0.15, 0.2) is 35.5 Å². The van der Waals surface area contributed by atoms with E-state index >= 15 is 0 Å². The molecule has 3 rings (SSSR count). The summed E-state index contributed by atoms with van der Waals surface area (Å²) in [5, 5.41) is 5.45.